The Labute approximate surface area is 121 Å². The van der Waals surface area contributed by atoms with E-state index in [1.807, 2.05) is 48.7 Å². The second kappa shape index (κ2) is 5.51. The molecule has 0 fully saturated rings. The van der Waals surface area contributed by atoms with Gasteiger partial charge in [-0.2, -0.15) is 0 Å². The molecule has 1 atom stereocenters. The summed E-state index contributed by atoms with van der Waals surface area (Å²) in [6, 6.07) is 15.3. The van der Waals surface area contributed by atoms with Gasteiger partial charge in [-0.3, -0.25) is 4.99 Å². The summed E-state index contributed by atoms with van der Waals surface area (Å²) in [5, 5.41) is 0. The molecule has 2 aromatic carbocycles. The molecule has 0 radical (unpaired) electrons. The molecule has 0 N–H and O–H groups in total. The summed E-state index contributed by atoms with van der Waals surface area (Å²) >= 11 is 1.67. The largest absolute Gasteiger partial charge is 0.448 e. The molecule has 0 amide bonds. The first kappa shape index (κ1) is 12.9. The molecule has 3 rings (SSSR count). The molecule has 0 saturated heterocycles. The van der Waals surface area contributed by atoms with Gasteiger partial charge in [-0.1, -0.05) is 24.3 Å². The number of carbonyl (C=O) groups is 1. The average Bonchev–Trinajstić information content (AvgIpc) is 2.82. The van der Waals surface area contributed by atoms with E-state index in [1.54, 1.807) is 24.0 Å². The monoisotopic (exact) mass is 283 g/mol. The van der Waals surface area contributed by atoms with Crippen molar-refractivity contribution in [2.24, 2.45) is 4.99 Å². The van der Waals surface area contributed by atoms with Crippen LogP contribution in [0.3, 0.4) is 0 Å². The highest BCUT2D eigenvalue weighted by molar-refractivity contribution is 7.98. The number of ether oxygens (including phenoxy) is 1. The number of benzene rings is 2. The minimum Gasteiger partial charge on any atom is -0.448 e. The fraction of sp³-hybridized carbons (Fsp3) is 0.125. The molecule has 20 heavy (non-hydrogen) atoms. The quantitative estimate of drug-likeness (QED) is 0.485. The van der Waals surface area contributed by atoms with E-state index in [4.69, 9.17) is 4.74 Å². The van der Waals surface area contributed by atoms with Crippen LogP contribution in [-0.2, 0) is 4.74 Å². The predicted octanol–water partition coefficient (Wildman–Crippen LogP) is 4.02. The van der Waals surface area contributed by atoms with Gasteiger partial charge < -0.3 is 4.74 Å². The minimum atomic E-state index is -0.392. The summed E-state index contributed by atoms with van der Waals surface area (Å²) in [6.07, 6.45) is 3.32. The van der Waals surface area contributed by atoms with E-state index in [9.17, 15) is 4.79 Å². The van der Waals surface area contributed by atoms with E-state index in [1.165, 1.54) is 0 Å². The Morgan fingerprint density at radius 3 is 2.90 bits per heavy atom. The molecule has 1 unspecified atom stereocenters. The normalized spacial score (nSPS) is 17.2. The molecule has 0 aliphatic carbocycles. The van der Waals surface area contributed by atoms with Crippen LogP contribution in [0.4, 0.5) is 5.69 Å². The maximum atomic E-state index is 11.7. The fourth-order valence-corrected chi connectivity index (χ4v) is 2.58. The SMILES string of the molecule is CSc1cccc(N=CC2OC(=O)c3ccccc32)c1. The van der Waals surface area contributed by atoms with Crippen molar-refractivity contribution in [3.8, 4) is 0 Å². The van der Waals surface area contributed by atoms with Crippen LogP contribution < -0.4 is 0 Å². The average molecular weight is 283 g/mol. The second-order valence-corrected chi connectivity index (χ2v) is 5.27. The van der Waals surface area contributed by atoms with E-state index in [2.05, 4.69) is 4.99 Å². The number of aliphatic imine (C=N–C) groups is 1. The van der Waals surface area contributed by atoms with Gasteiger partial charge in [-0.05, 0) is 30.5 Å². The topological polar surface area (TPSA) is 38.7 Å². The number of fused-ring (bicyclic) bond motifs is 1. The molecular weight excluding hydrogens is 270 g/mol. The molecule has 100 valence electrons. The summed E-state index contributed by atoms with van der Waals surface area (Å²) in [6.45, 7) is 0. The molecule has 1 aliphatic heterocycles. The van der Waals surface area contributed by atoms with Crippen LogP contribution in [0.15, 0.2) is 58.4 Å². The zero-order chi connectivity index (χ0) is 13.9. The zero-order valence-electron chi connectivity index (χ0n) is 10.9. The molecular formula is C16H13NO2S. The summed E-state index contributed by atoms with van der Waals surface area (Å²) in [5.74, 6) is -0.282. The molecule has 2 aromatic rings. The maximum absolute atomic E-state index is 11.7. The number of hydrogen-bond donors (Lipinski definition) is 0. The van der Waals surface area contributed by atoms with Gasteiger partial charge in [0.1, 0.15) is 0 Å². The molecule has 0 spiro atoms. The number of cyclic esters (lactones) is 1. The van der Waals surface area contributed by atoms with Crippen molar-refractivity contribution >= 4 is 29.6 Å². The third kappa shape index (κ3) is 2.47. The van der Waals surface area contributed by atoms with Crippen LogP contribution in [0.25, 0.3) is 0 Å². The van der Waals surface area contributed by atoms with Crippen LogP contribution >= 0.6 is 11.8 Å². The third-order valence-corrected chi connectivity index (χ3v) is 3.86. The molecule has 1 aliphatic rings. The van der Waals surface area contributed by atoms with E-state index in [0.717, 1.165) is 16.1 Å². The molecule has 3 nitrogen and oxygen atoms in total. The van der Waals surface area contributed by atoms with Crippen molar-refractivity contribution in [1.29, 1.82) is 0 Å². The lowest BCUT2D eigenvalue weighted by Gasteiger charge is -2.04. The molecule has 1 heterocycles. The summed E-state index contributed by atoms with van der Waals surface area (Å²) in [5.41, 5.74) is 2.36. The Balaban J connectivity index is 1.85. The first-order valence-electron chi connectivity index (χ1n) is 6.26. The van der Waals surface area contributed by atoms with Gasteiger partial charge in [0.15, 0.2) is 6.10 Å². The van der Waals surface area contributed by atoms with Crippen molar-refractivity contribution < 1.29 is 9.53 Å². The van der Waals surface area contributed by atoms with Gasteiger partial charge >= 0.3 is 5.97 Å². The smallest absolute Gasteiger partial charge is 0.339 e. The van der Waals surface area contributed by atoms with Crippen molar-refractivity contribution in [3.63, 3.8) is 0 Å². The Kier molecular flexibility index (Phi) is 3.56. The zero-order valence-corrected chi connectivity index (χ0v) is 11.8. The van der Waals surface area contributed by atoms with Crippen molar-refractivity contribution in [2.45, 2.75) is 11.0 Å². The van der Waals surface area contributed by atoms with E-state index >= 15 is 0 Å². The van der Waals surface area contributed by atoms with Crippen LogP contribution in [0.5, 0.6) is 0 Å². The van der Waals surface area contributed by atoms with E-state index in [0.29, 0.717) is 5.56 Å². The van der Waals surface area contributed by atoms with Crippen molar-refractivity contribution in [2.75, 3.05) is 6.26 Å². The maximum Gasteiger partial charge on any atom is 0.339 e. The lowest BCUT2D eigenvalue weighted by Crippen LogP contribution is -1.99. The predicted molar refractivity (Wildman–Crippen MR) is 81.0 cm³/mol. The van der Waals surface area contributed by atoms with Crippen LogP contribution in [0, 0.1) is 0 Å². The second-order valence-electron chi connectivity index (χ2n) is 4.39. The van der Waals surface area contributed by atoms with Crippen LogP contribution in [0.2, 0.25) is 0 Å². The standard InChI is InChI=1S/C16H13NO2S/c1-20-12-6-4-5-11(9-12)17-10-15-13-7-2-3-8-14(13)16(18)19-15/h2-10,15H,1H3. The number of hydrogen-bond acceptors (Lipinski definition) is 4. The van der Waals surface area contributed by atoms with Crippen LogP contribution in [0.1, 0.15) is 22.0 Å². The van der Waals surface area contributed by atoms with E-state index in [-0.39, 0.29) is 5.97 Å². The van der Waals surface area contributed by atoms with Crippen molar-refractivity contribution in [1.82, 2.24) is 0 Å². The van der Waals surface area contributed by atoms with Gasteiger partial charge in [-0.25, -0.2) is 4.79 Å². The van der Waals surface area contributed by atoms with Gasteiger partial charge in [0.2, 0.25) is 0 Å². The lowest BCUT2D eigenvalue weighted by atomic mass is 10.1. The first-order chi connectivity index (χ1) is 9.78. The number of rotatable bonds is 3. The minimum absolute atomic E-state index is 0.282. The Morgan fingerprint density at radius 1 is 1.20 bits per heavy atom. The number of thioether (sulfide) groups is 1. The summed E-state index contributed by atoms with van der Waals surface area (Å²) in [7, 11) is 0. The number of carbonyl (C=O) groups excluding carboxylic acids is 1. The van der Waals surface area contributed by atoms with Gasteiger partial charge in [0.05, 0.1) is 17.5 Å². The molecule has 0 saturated carbocycles. The molecule has 0 bridgehead atoms. The molecule has 4 heteroatoms. The van der Waals surface area contributed by atoms with Gasteiger partial charge in [-0.15, -0.1) is 11.8 Å². The lowest BCUT2D eigenvalue weighted by molar-refractivity contribution is 0.0500. The highest BCUT2D eigenvalue weighted by Gasteiger charge is 2.28. The van der Waals surface area contributed by atoms with Crippen LogP contribution in [-0.4, -0.2) is 18.4 Å². The fourth-order valence-electron chi connectivity index (χ4n) is 2.13. The third-order valence-electron chi connectivity index (χ3n) is 3.13. The number of esters is 1. The van der Waals surface area contributed by atoms with Gasteiger partial charge in [0, 0.05) is 10.5 Å². The first-order valence-corrected chi connectivity index (χ1v) is 7.48. The van der Waals surface area contributed by atoms with Gasteiger partial charge in [0.25, 0.3) is 0 Å². The van der Waals surface area contributed by atoms with Crippen molar-refractivity contribution in [3.05, 3.63) is 59.7 Å². The Bertz CT molecular complexity index is 682. The highest BCUT2D eigenvalue weighted by atomic mass is 32.2. The van der Waals surface area contributed by atoms with E-state index < -0.39 is 6.10 Å². The summed E-state index contributed by atoms with van der Waals surface area (Å²) in [4.78, 5) is 17.3. The highest BCUT2D eigenvalue weighted by Crippen LogP contribution is 2.30. The molecule has 0 aromatic heterocycles. The number of nitrogens with zero attached hydrogens (tertiary/aromatic N) is 1. The Morgan fingerprint density at radius 2 is 2.05 bits per heavy atom. The summed E-state index contributed by atoms with van der Waals surface area (Å²) < 4.78 is 5.32. The Hall–Kier alpha value is -2.07.